The van der Waals surface area contributed by atoms with E-state index in [4.69, 9.17) is 4.74 Å². The standard InChI is InChI=1S/C14H28N2O/c1-12-14(2,7-10-17-12)16-9-4-6-13-5-3-8-15-11-13/h12-13,15-16H,3-11H2,1-2H3. The monoisotopic (exact) mass is 240 g/mol. The van der Waals surface area contributed by atoms with E-state index in [1.807, 2.05) is 0 Å². The fourth-order valence-electron chi connectivity index (χ4n) is 3.00. The molecule has 3 atom stereocenters. The second kappa shape index (κ2) is 6.17. The quantitative estimate of drug-likeness (QED) is 0.720. The minimum atomic E-state index is 0.213. The summed E-state index contributed by atoms with van der Waals surface area (Å²) in [7, 11) is 0. The molecule has 2 fully saturated rings. The fourth-order valence-corrected chi connectivity index (χ4v) is 3.00. The molecule has 0 saturated carbocycles. The molecule has 3 heteroatoms. The predicted molar refractivity (Wildman–Crippen MR) is 71.3 cm³/mol. The van der Waals surface area contributed by atoms with Gasteiger partial charge in [-0.2, -0.15) is 0 Å². The van der Waals surface area contributed by atoms with Crippen LogP contribution in [-0.2, 0) is 4.74 Å². The highest BCUT2D eigenvalue weighted by atomic mass is 16.5. The SMILES string of the molecule is CC1OCCC1(C)NCCCC1CCCNC1. The molecule has 0 radical (unpaired) electrons. The Kier molecular flexibility index (Phi) is 4.83. The zero-order valence-electron chi connectivity index (χ0n) is 11.4. The normalized spacial score (nSPS) is 38.5. The van der Waals surface area contributed by atoms with E-state index in [0.29, 0.717) is 6.10 Å². The summed E-state index contributed by atoms with van der Waals surface area (Å²) in [4.78, 5) is 0. The Balaban J connectivity index is 1.59. The first-order valence-corrected chi connectivity index (χ1v) is 7.28. The van der Waals surface area contributed by atoms with Gasteiger partial charge in [-0.1, -0.05) is 0 Å². The summed E-state index contributed by atoms with van der Waals surface area (Å²) >= 11 is 0. The smallest absolute Gasteiger partial charge is 0.0726 e. The largest absolute Gasteiger partial charge is 0.377 e. The molecule has 0 aromatic heterocycles. The first kappa shape index (κ1) is 13.3. The summed E-state index contributed by atoms with van der Waals surface area (Å²) in [6.07, 6.45) is 6.96. The van der Waals surface area contributed by atoms with Crippen LogP contribution in [0.3, 0.4) is 0 Å². The van der Waals surface area contributed by atoms with Crippen molar-refractivity contribution in [3.05, 3.63) is 0 Å². The molecule has 2 heterocycles. The van der Waals surface area contributed by atoms with Gasteiger partial charge in [-0.15, -0.1) is 0 Å². The Morgan fingerprint density at radius 2 is 2.35 bits per heavy atom. The van der Waals surface area contributed by atoms with Crippen molar-refractivity contribution in [2.75, 3.05) is 26.2 Å². The lowest BCUT2D eigenvalue weighted by Gasteiger charge is -2.29. The van der Waals surface area contributed by atoms with Crippen molar-refractivity contribution in [2.24, 2.45) is 5.92 Å². The van der Waals surface area contributed by atoms with Crippen LogP contribution in [0, 0.1) is 5.92 Å². The van der Waals surface area contributed by atoms with Crippen molar-refractivity contribution in [3.63, 3.8) is 0 Å². The Hall–Kier alpha value is -0.120. The van der Waals surface area contributed by atoms with Gasteiger partial charge in [0.1, 0.15) is 0 Å². The minimum Gasteiger partial charge on any atom is -0.377 e. The summed E-state index contributed by atoms with van der Waals surface area (Å²) in [6.45, 7) is 8.99. The van der Waals surface area contributed by atoms with E-state index in [9.17, 15) is 0 Å². The number of hydrogen-bond donors (Lipinski definition) is 2. The second-order valence-electron chi connectivity index (χ2n) is 5.96. The van der Waals surface area contributed by atoms with Crippen LogP contribution in [0.25, 0.3) is 0 Å². The summed E-state index contributed by atoms with van der Waals surface area (Å²) in [5.74, 6) is 0.913. The molecular formula is C14H28N2O. The number of nitrogens with one attached hydrogen (secondary N) is 2. The molecule has 2 rings (SSSR count). The topological polar surface area (TPSA) is 33.3 Å². The molecule has 2 saturated heterocycles. The molecule has 3 nitrogen and oxygen atoms in total. The lowest BCUT2D eigenvalue weighted by Crippen LogP contribution is -2.48. The van der Waals surface area contributed by atoms with Gasteiger partial charge in [-0.3, -0.25) is 0 Å². The van der Waals surface area contributed by atoms with E-state index < -0.39 is 0 Å². The number of hydrogen-bond acceptors (Lipinski definition) is 3. The van der Waals surface area contributed by atoms with Crippen LogP contribution in [0.2, 0.25) is 0 Å². The van der Waals surface area contributed by atoms with Gasteiger partial charge < -0.3 is 15.4 Å². The lowest BCUT2D eigenvalue weighted by atomic mass is 9.92. The van der Waals surface area contributed by atoms with Gasteiger partial charge in [-0.05, 0) is 71.5 Å². The van der Waals surface area contributed by atoms with E-state index in [1.165, 1.54) is 38.8 Å². The maximum absolute atomic E-state index is 5.64. The molecule has 0 aliphatic carbocycles. The molecule has 2 aliphatic heterocycles. The molecule has 100 valence electrons. The molecular weight excluding hydrogens is 212 g/mol. The molecule has 17 heavy (non-hydrogen) atoms. The van der Waals surface area contributed by atoms with Gasteiger partial charge in [0, 0.05) is 12.1 Å². The Morgan fingerprint density at radius 1 is 1.47 bits per heavy atom. The number of rotatable bonds is 5. The van der Waals surface area contributed by atoms with Crippen molar-refractivity contribution in [2.45, 2.75) is 57.6 Å². The van der Waals surface area contributed by atoms with Gasteiger partial charge in [0.25, 0.3) is 0 Å². The molecule has 0 spiro atoms. The first-order valence-electron chi connectivity index (χ1n) is 7.28. The van der Waals surface area contributed by atoms with Crippen LogP contribution < -0.4 is 10.6 Å². The van der Waals surface area contributed by atoms with Crippen LogP contribution in [0.15, 0.2) is 0 Å². The van der Waals surface area contributed by atoms with E-state index in [2.05, 4.69) is 24.5 Å². The van der Waals surface area contributed by atoms with Gasteiger partial charge in [0.05, 0.1) is 6.10 Å². The third-order valence-corrected chi connectivity index (χ3v) is 4.60. The van der Waals surface area contributed by atoms with Crippen LogP contribution >= 0.6 is 0 Å². The average Bonchev–Trinajstić information content (AvgIpc) is 2.67. The maximum atomic E-state index is 5.64. The van der Waals surface area contributed by atoms with Crippen LogP contribution in [-0.4, -0.2) is 37.9 Å². The van der Waals surface area contributed by atoms with E-state index in [1.54, 1.807) is 0 Å². The van der Waals surface area contributed by atoms with Gasteiger partial charge in [0.2, 0.25) is 0 Å². The zero-order valence-corrected chi connectivity index (χ0v) is 11.4. The summed E-state index contributed by atoms with van der Waals surface area (Å²) in [6, 6.07) is 0. The lowest BCUT2D eigenvalue weighted by molar-refractivity contribution is 0.0885. The summed E-state index contributed by atoms with van der Waals surface area (Å²) < 4.78 is 5.64. The Bertz CT molecular complexity index is 228. The van der Waals surface area contributed by atoms with Gasteiger partial charge in [-0.25, -0.2) is 0 Å². The summed E-state index contributed by atoms with van der Waals surface area (Å²) in [5, 5.41) is 7.19. The van der Waals surface area contributed by atoms with E-state index in [-0.39, 0.29) is 5.54 Å². The Labute approximate surface area is 106 Å². The van der Waals surface area contributed by atoms with Crippen molar-refractivity contribution in [3.8, 4) is 0 Å². The average molecular weight is 240 g/mol. The highest BCUT2D eigenvalue weighted by Gasteiger charge is 2.36. The fraction of sp³-hybridized carbons (Fsp3) is 1.00. The molecule has 0 amide bonds. The predicted octanol–water partition coefficient (Wildman–Crippen LogP) is 1.92. The molecule has 0 aromatic rings. The van der Waals surface area contributed by atoms with Gasteiger partial charge in [0.15, 0.2) is 0 Å². The summed E-state index contributed by atoms with van der Waals surface area (Å²) in [5.41, 5.74) is 0.213. The van der Waals surface area contributed by atoms with Crippen molar-refractivity contribution >= 4 is 0 Å². The first-order chi connectivity index (χ1) is 8.21. The van der Waals surface area contributed by atoms with Gasteiger partial charge >= 0.3 is 0 Å². The van der Waals surface area contributed by atoms with Crippen LogP contribution in [0.4, 0.5) is 0 Å². The zero-order chi connectivity index (χ0) is 12.1. The van der Waals surface area contributed by atoms with E-state index in [0.717, 1.165) is 25.5 Å². The molecule has 0 aromatic carbocycles. The third-order valence-electron chi connectivity index (χ3n) is 4.60. The molecule has 2 N–H and O–H groups in total. The molecule has 0 bridgehead atoms. The molecule has 3 unspecified atom stereocenters. The highest BCUT2D eigenvalue weighted by Crippen LogP contribution is 2.25. The maximum Gasteiger partial charge on any atom is 0.0726 e. The van der Waals surface area contributed by atoms with Crippen molar-refractivity contribution in [1.29, 1.82) is 0 Å². The van der Waals surface area contributed by atoms with E-state index >= 15 is 0 Å². The second-order valence-corrected chi connectivity index (χ2v) is 5.96. The number of piperidine rings is 1. The van der Waals surface area contributed by atoms with Crippen LogP contribution in [0.5, 0.6) is 0 Å². The molecule has 2 aliphatic rings. The Morgan fingerprint density at radius 3 is 3.00 bits per heavy atom. The van der Waals surface area contributed by atoms with Crippen molar-refractivity contribution < 1.29 is 4.74 Å². The minimum absolute atomic E-state index is 0.213. The highest BCUT2D eigenvalue weighted by molar-refractivity contribution is 4.93. The van der Waals surface area contributed by atoms with Crippen molar-refractivity contribution in [1.82, 2.24) is 10.6 Å². The van der Waals surface area contributed by atoms with Crippen LogP contribution in [0.1, 0.15) is 46.0 Å². The number of ether oxygens (including phenoxy) is 1. The third kappa shape index (κ3) is 3.67.